The first-order valence-electron chi connectivity index (χ1n) is 8.99. The van der Waals surface area contributed by atoms with E-state index in [0.717, 1.165) is 19.5 Å². The van der Waals surface area contributed by atoms with Crippen LogP contribution in [0, 0.1) is 5.82 Å². The van der Waals surface area contributed by atoms with Crippen molar-refractivity contribution in [1.82, 2.24) is 15.1 Å². The van der Waals surface area contributed by atoms with Gasteiger partial charge in [0.2, 0.25) is 0 Å². The second-order valence-electron chi connectivity index (χ2n) is 6.71. The number of hydrogen-bond acceptors (Lipinski definition) is 3. The van der Waals surface area contributed by atoms with Crippen molar-refractivity contribution in [2.24, 2.45) is 0 Å². The largest absolute Gasteiger partial charge is 0.338 e. The lowest BCUT2D eigenvalue weighted by molar-refractivity contribution is 0.0618. The van der Waals surface area contributed by atoms with Crippen LogP contribution < -0.4 is 5.32 Å². The molecule has 1 aromatic carbocycles. The molecular weight excluding hydrogens is 321 g/mol. The van der Waals surface area contributed by atoms with Crippen molar-refractivity contribution in [1.29, 1.82) is 0 Å². The highest BCUT2D eigenvalue weighted by molar-refractivity contribution is 5.95. The molecule has 0 radical (unpaired) electrons. The maximum Gasteiger partial charge on any atom is 0.317 e. The zero-order valence-electron chi connectivity index (χ0n) is 15.3. The van der Waals surface area contributed by atoms with Gasteiger partial charge in [-0.25, -0.2) is 9.18 Å². The van der Waals surface area contributed by atoms with Crippen LogP contribution in [0.5, 0.6) is 0 Å². The number of amides is 2. The summed E-state index contributed by atoms with van der Waals surface area (Å²) in [5.41, 5.74) is 0.559. The molecule has 0 spiro atoms. The van der Waals surface area contributed by atoms with E-state index in [9.17, 15) is 14.0 Å². The predicted molar refractivity (Wildman–Crippen MR) is 96.2 cm³/mol. The van der Waals surface area contributed by atoms with Crippen molar-refractivity contribution in [3.63, 3.8) is 0 Å². The number of halogens is 1. The second kappa shape index (κ2) is 8.94. The van der Waals surface area contributed by atoms with Gasteiger partial charge in [0.15, 0.2) is 5.78 Å². The molecule has 2 atom stereocenters. The maximum absolute atomic E-state index is 12.9. The van der Waals surface area contributed by atoms with E-state index in [1.165, 1.54) is 24.3 Å². The average molecular weight is 349 g/mol. The molecule has 138 valence electrons. The number of urea groups is 1. The molecule has 25 heavy (non-hydrogen) atoms. The van der Waals surface area contributed by atoms with Crippen molar-refractivity contribution >= 4 is 11.8 Å². The first-order chi connectivity index (χ1) is 11.9. The summed E-state index contributed by atoms with van der Waals surface area (Å²) in [5.74, 6) is -0.286. The third kappa shape index (κ3) is 5.26. The number of benzene rings is 1. The molecule has 1 heterocycles. The topological polar surface area (TPSA) is 52.7 Å². The van der Waals surface area contributed by atoms with Gasteiger partial charge in [-0.3, -0.25) is 9.69 Å². The molecule has 0 saturated carbocycles. The summed E-state index contributed by atoms with van der Waals surface area (Å²) in [6.45, 7) is 9.04. The minimum Gasteiger partial charge on any atom is -0.338 e. The quantitative estimate of drug-likeness (QED) is 0.804. The Hall–Kier alpha value is -1.95. The Morgan fingerprint density at radius 1 is 1.16 bits per heavy atom. The molecule has 5 nitrogen and oxygen atoms in total. The van der Waals surface area contributed by atoms with E-state index in [1.54, 1.807) is 0 Å². The van der Waals surface area contributed by atoms with Crippen molar-refractivity contribution in [3.05, 3.63) is 35.6 Å². The molecule has 1 aliphatic heterocycles. The van der Waals surface area contributed by atoms with Gasteiger partial charge in [-0.15, -0.1) is 0 Å². The summed E-state index contributed by atoms with van der Waals surface area (Å²) in [4.78, 5) is 28.4. The fraction of sp³-hybridized carbons (Fsp3) is 0.579. The maximum atomic E-state index is 12.9. The molecule has 0 aliphatic carbocycles. The molecule has 0 bridgehead atoms. The fourth-order valence-electron chi connectivity index (χ4n) is 3.27. The summed E-state index contributed by atoms with van der Waals surface area (Å²) in [6, 6.07) is 6.11. The summed E-state index contributed by atoms with van der Waals surface area (Å²) in [7, 11) is 0. The zero-order chi connectivity index (χ0) is 18.4. The number of nitrogens with one attached hydrogen (secondary N) is 1. The van der Waals surface area contributed by atoms with Crippen LogP contribution in [0.25, 0.3) is 0 Å². The standard InChI is InChI=1S/C19H28FN3O2/c1-4-21-19(25)23-13-14(2)22(12-15(23)3)11-5-6-18(24)16-7-9-17(20)10-8-16/h7-10,14-15H,4-6,11-13H2,1-3H3,(H,21,25)/t14-,15+/m1/s1. The summed E-state index contributed by atoms with van der Waals surface area (Å²) < 4.78 is 12.9. The van der Waals surface area contributed by atoms with Gasteiger partial charge in [0, 0.05) is 43.7 Å². The minimum absolute atomic E-state index is 0.00649. The molecule has 2 amide bonds. The fourth-order valence-corrected chi connectivity index (χ4v) is 3.27. The first kappa shape index (κ1) is 19.4. The third-order valence-corrected chi connectivity index (χ3v) is 4.72. The van der Waals surface area contributed by atoms with E-state index in [-0.39, 0.29) is 29.7 Å². The Bertz CT molecular complexity index is 591. The lowest BCUT2D eigenvalue weighted by Gasteiger charge is -2.44. The highest BCUT2D eigenvalue weighted by Crippen LogP contribution is 2.16. The van der Waals surface area contributed by atoms with Crippen LogP contribution in [0.1, 0.15) is 44.0 Å². The number of carbonyl (C=O) groups is 2. The van der Waals surface area contributed by atoms with Gasteiger partial charge < -0.3 is 10.2 Å². The summed E-state index contributed by atoms with van der Waals surface area (Å²) in [6.07, 6.45) is 1.21. The Kier molecular flexibility index (Phi) is 6.93. The Morgan fingerprint density at radius 3 is 2.48 bits per heavy atom. The summed E-state index contributed by atoms with van der Waals surface area (Å²) >= 11 is 0. The zero-order valence-corrected chi connectivity index (χ0v) is 15.3. The number of hydrogen-bond donors (Lipinski definition) is 1. The second-order valence-corrected chi connectivity index (χ2v) is 6.71. The molecule has 2 rings (SSSR count). The average Bonchev–Trinajstić information content (AvgIpc) is 2.58. The Balaban J connectivity index is 1.80. The normalized spacial score (nSPS) is 21.2. The molecule has 1 aromatic rings. The lowest BCUT2D eigenvalue weighted by Crippen LogP contribution is -2.60. The monoisotopic (exact) mass is 349 g/mol. The number of carbonyl (C=O) groups excluding carboxylic acids is 2. The molecule has 6 heteroatoms. The third-order valence-electron chi connectivity index (χ3n) is 4.72. The molecule has 1 N–H and O–H groups in total. The van der Waals surface area contributed by atoms with Gasteiger partial charge in [-0.1, -0.05) is 0 Å². The van der Waals surface area contributed by atoms with Gasteiger partial charge in [0.1, 0.15) is 5.82 Å². The van der Waals surface area contributed by atoms with Crippen LogP contribution in [0.15, 0.2) is 24.3 Å². The van der Waals surface area contributed by atoms with Crippen LogP contribution >= 0.6 is 0 Å². The smallest absolute Gasteiger partial charge is 0.317 e. The van der Waals surface area contributed by atoms with Crippen LogP contribution in [-0.2, 0) is 0 Å². The van der Waals surface area contributed by atoms with Gasteiger partial charge in [0.05, 0.1) is 0 Å². The van der Waals surface area contributed by atoms with Crippen LogP contribution in [0.2, 0.25) is 0 Å². The van der Waals surface area contributed by atoms with E-state index >= 15 is 0 Å². The van der Waals surface area contributed by atoms with Crippen LogP contribution in [0.3, 0.4) is 0 Å². The van der Waals surface area contributed by atoms with Crippen LogP contribution in [-0.4, -0.2) is 59.9 Å². The number of nitrogens with zero attached hydrogens (tertiary/aromatic N) is 2. The van der Waals surface area contributed by atoms with Crippen molar-refractivity contribution in [2.75, 3.05) is 26.2 Å². The van der Waals surface area contributed by atoms with E-state index in [2.05, 4.69) is 24.1 Å². The Morgan fingerprint density at radius 2 is 1.84 bits per heavy atom. The highest BCUT2D eigenvalue weighted by Gasteiger charge is 2.31. The van der Waals surface area contributed by atoms with Gasteiger partial charge in [-0.05, 0) is 58.0 Å². The van der Waals surface area contributed by atoms with Crippen LogP contribution in [0.4, 0.5) is 9.18 Å². The van der Waals surface area contributed by atoms with E-state index in [4.69, 9.17) is 0 Å². The van der Waals surface area contributed by atoms with E-state index < -0.39 is 0 Å². The van der Waals surface area contributed by atoms with E-state index in [1.807, 2.05) is 11.8 Å². The number of Topliss-reactive ketones (excluding diaryl/α,β-unsaturated/α-hetero) is 1. The molecule has 0 unspecified atom stereocenters. The number of rotatable bonds is 6. The summed E-state index contributed by atoms with van der Waals surface area (Å²) in [5, 5.41) is 2.86. The SMILES string of the molecule is CCNC(=O)N1C[C@@H](C)N(CCCC(=O)c2ccc(F)cc2)C[C@@H]1C. The van der Waals surface area contributed by atoms with Gasteiger partial charge in [-0.2, -0.15) is 0 Å². The highest BCUT2D eigenvalue weighted by atomic mass is 19.1. The Labute approximate surface area is 149 Å². The molecule has 1 aliphatic rings. The van der Waals surface area contributed by atoms with Gasteiger partial charge in [0.25, 0.3) is 0 Å². The predicted octanol–water partition coefficient (Wildman–Crippen LogP) is 2.91. The first-order valence-corrected chi connectivity index (χ1v) is 8.99. The van der Waals surface area contributed by atoms with Crippen molar-refractivity contribution in [3.8, 4) is 0 Å². The van der Waals surface area contributed by atoms with Crippen molar-refractivity contribution < 1.29 is 14.0 Å². The molecule has 1 fully saturated rings. The van der Waals surface area contributed by atoms with E-state index in [0.29, 0.717) is 25.1 Å². The minimum atomic E-state index is -0.329. The van der Waals surface area contributed by atoms with Gasteiger partial charge >= 0.3 is 6.03 Å². The number of ketones is 1. The number of piperazine rings is 1. The molecular formula is C19H28FN3O2. The molecule has 0 aromatic heterocycles. The lowest BCUT2D eigenvalue weighted by atomic mass is 10.0. The van der Waals surface area contributed by atoms with Crippen molar-refractivity contribution in [2.45, 2.75) is 45.7 Å². The molecule has 1 saturated heterocycles.